The van der Waals surface area contributed by atoms with E-state index in [4.69, 9.17) is 9.88 Å². The van der Waals surface area contributed by atoms with Gasteiger partial charge in [0.1, 0.15) is 4.21 Å². The molecule has 0 spiro atoms. The fraction of sp³-hybridized carbons (Fsp3) is 0.429. The molecule has 6 nitrogen and oxygen atoms in total. The topological polar surface area (TPSA) is 75.9 Å². The molecule has 0 aromatic carbocycles. The van der Waals surface area contributed by atoms with Gasteiger partial charge in [-0.3, -0.25) is 4.90 Å². The molecule has 2 aliphatic rings. The van der Waals surface area contributed by atoms with Gasteiger partial charge in [0.15, 0.2) is 0 Å². The number of fused-ring (bicyclic) bond motifs is 1. The van der Waals surface area contributed by atoms with Crippen LogP contribution < -0.4 is 5.14 Å². The van der Waals surface area contributed by atoms with E-state index in [1.54, 1.807) is 18.0 Å². The molecule has 2 aliphatic heterocycles. The molecular weight excluding hydrogens is 354 g/mol. The number of nitrogens with zero attached hydrogens (tertiary/aromatic N) is 2. The van der Waals surface area contributed by atoms with E-state index in [0.29, 0.717) is 0 Å². The highest BCUT2D eigenvalue weighted by atomic mass is 32.3. The summed E-state index contributed by atoms with van der Waals surface area (Å²) < 4.78 is 31.4. The fourth-order valence-corrected chi connectivity index (χ4v) is 5.49. The molecule has 1 fully saturated rings. The lowest BCUT2D eigenvalue weighted by molar-refractivity contribution is 0.0434. The van der Waals surface area contributed by atoms with E-state index >= 15 is 0 Å². The van der Waals surface area contributed by atoms with E-state index in [0.717, 1.165) is 49.2 Å². The Morgan fingerprint density at radius 1 is 1.26 bits per heavy atom. The first-order valence-electron chi connectivity index (χ1n) is 7.27. The number of morpholine rings is 1. The quantitative estimate of drug-likeness (QED) is 0.624. The zero-order valence-corrected chi connectivity index (χ0v) is 15.0. The first kappa shape index (κ1) is 17.0. The van der Waals surface area contributed by atoms with Crippen molar-refractivity contribution in [2.75, 3.05) is 39.4 Å². The molecule has 0 saturated carbocycles. The zero-order chi connectivity index (χ0) is 16.3. The van der Waals surface area contributed by atoms with Gasteiger partial charge in [0.25, 0.3) is 0 Å². The number of rotatable bonds is 5. The molecule has 1 aromatic heterocycles. The number of primary sulfonamides is 1. The van der Waals surface area contributed by atoms with Crippen LogP contribution in [0.5, 0.6) is 0 Å². The molecule has 3 rings (SSSR count). The number of thiophene rings is 1. The lowest BCUT2D eigenvalue weighted by Gasteiger charge is -2.25. The van der Waals surface area contributed by atoms with E-state index in [1.165, 1.54) is 11.3 Å². The van der Waals surface area contributed by atoms with Crippen LogP contribution in [0.2, 0.25) is 0 Å². The van der Waals surface area contributed by atoms with Crippen molar-refractivity contribution < 1.29 is 13.2 Å². The van der Waals surface area contributed by atoms with Crippen LogP contribution in [0.4, 0.5) is 0 Å². The van der Waals surface area contributed by atoms with Crippen LogP contribution in [0, 0.1) is 0 Å². The Balaban J connectivity index is 1.52. The number of nitrogens with two attached hydrogens (primary N) is 1. The average Bonchev–Trinajstić information content (AvgIpc) is 2.96. The van der Waals surface area contributed by atoms with E-state index < -0.39 is 10.0 Å². The molecule has 23 heavy (non-hydrogen) atoms. The van der Waals surface area contributed by atoms with Crippen LogP contribution in [0.1, 0.15) is 5.56 Å². The monoisotopic (exact) mass is 373 g/mol. The maximum Gasteiger partial charge on any atom is 0.247 e. The minimum absolute atomic E-state index is 0.212. The lowest BCUT2D eigenvalue weighted by Crippen LogP contribution is -2.36. The minimum atomic E-state index is -3.62. The molecule has 0 radical (unpaired) electrons. The number of hydrogen-bond donors (Lipinski definition) is 1. The molecule has 0 bridgehead atoms. The predicted molar refractivity (Wildman–Crippen MR) is 93.7 cm³/mol. The Hall–Kier alpha value is -0.840. The summed E-state index contributed by atoms with van der Waals surface area (Å²) in [4.78, 5) is 2.36. The Bertz CT molecular complexity index is 706. The maximum absolute atomic E-state index is 11.4. The van der Waals surface area contributed by atoms with Crippen LogP contribution >= 0.6 is 23.3 Å². The average molecular weight is 374 g/mol. The third-order valence-electron chi connectivity index (χ3n) is 3.52. The molecular formula is C14H19N3O3S3. The number of sulfonamides is 1. The van der Waals surface area contributed by atoms with Crippen LogP contribution in [0.3, 0.4) is 0 Å². The van der Waals surface area contributed by atoms with Crippen molar-refractivity contribution in [1.29, 1.82) is 0 Å². The highest BCUT2D eigenvalue weighted by molar-refractivity contribution is 7.99. The second-order valence-electron chi connectivity index (χ2n) is 5.24. The number of hydrogen-bond acceptors (Lipinski definition) is 7. The van der Waals surface area contributed by atoms with Crippen molar-refractivity contribution in [2.24, 2.45) is 5.14 Å². The van der Waals surface area contributed by atoms with Crippen LogP contribution in [-0.2, 0) is 14.8 Å². The molecule has 9 heteroatoms. The van der Waals surface area contributed by atoms with Crippen molar-refractivity contribution in [3.8, 4) is 0 Å². The van der Waals surface area contributed by atoms with Crippen molar-refractivity contribution in [2.45, 2.75) is 8.42 Å². The van der Waals surface area contributed by atoms with Crippen LogP contribution in [0.25, 0.3) is 6.08 Å². The first-order chi connectivity index (χ1) is 11.0. The van der Waals surface area contributed by atoms with E-state index in [9.17, 15) is 8.42 Å². The molecule has 2 N–H and O–H groups in total. The Morgan fingerprint density at radius 2 is 2.00 bits per heavy atom. The van der Waals surface area contributed by atoms with Crippen molar-refractivity contribution in [3.05, 3.63) is 30.0 Å². The highest BCUT2D eigenvalue weighted by Crippen LogP contribution is 2.39. The Labute approximate surface area is 144 Å². The summed E-state index contributed by atoms with van der Waals surface area (Å²) in [6.07, 6.45) is 8.18. The van der Waals surface area contributed by atoms with Gasteiger partial charge in [-0.2, -0.15) is 0 Å². The minimum Gasteiger partial charge on any atom is -0.379 e. The van der Waals surface area contributed by atoms with Gasteiger partial charge >= 0.3 is 0 Å². The summed E-state index contributed by atoms with van der Waals surface area (Å²) >= 11 is 2.76. The van der Waals surface area contributed by atoms with Gasteiger partial charge < -0.3 is 9.04 Å². The largest absolute Gasteiger partial charge is 0.379 e. The normalized spacial score (nSPS) is 19.4. The summed E-state index contributed by atoms with van der Waals surface area (Å²) in [6.45, 7) is 5.30. The third kappa shape index (κ3) is 4.59. The fourth-order valence-electron chi connectivity index (χ4n) is 2.28. The molecule has 0 unspecified atom stereocenters. The summed E-state index contributed by atoms with van der Waals surface area (Å²) in [5, 5.41) is 5.18. The summed E-state index contributed by atoms with van der Waals surface area (Å²) in [5.41, 5.74) is 0.914. The predicted octanol–water partition coefficient (Wildman–Crippen LogP) is 1.58. The Kier molecular flexibility index (Phi) is 5.45. The lowest BCUT2D eigenvalue weighted by atomic mass is 10.3. The van der Waals surface area contributed by atoms with Crippen molar-refractivity contribution >= 4 is 39.4 Å². The summed E-state index contributed by atoms with van der Waals surface area (Å²) in [5.74, 6) is 0. The molecule has 0 amide bonds. The highest BCUT2D eigenvalue weighted by Gasteiger charge is 2.19. The second-order valence-corrected chi connectivity index (χ2v) is 9.40. The van der Waals surface area contributed by atoms with Crippen molar-refractivity contribution in [3.63, 3.8) is 0 Å². The Morgan fingerprint density at radius 3 is 2.74 bits per heavy atom. The van der Waals surface area contributed by atoms with Crippen molar-refractivity contribution in [1.82, 2.24) is 9.21 Å². The van der Waals surface area contributed by atoms with Gasteiger partial charge in [-0.15, -0.1) is 11.3 Å². The SMILES string of the molecule is NS(=O)(=O)c1cc2c(s1)SN(CC=CCN1CCOCC1)C=C2. The smallest absolute Gasteiger partial charge is 0.247 e. The maximum atomic E-state index is 11.4. The third-order valence-corrected chi connectivity index (χ3v) is 7.27. The standard InChI is InChI=1S/C14H19N3O3S3/c15-23(18,19)13-11-12-3-6-17(22-14(12)21-13)5-2-1-4-16-7-9-20-10-8-16/h1-3,6,11H,4-5,7-10H2,(H2,15,18,19). The molecule has 1 aromatic rings. The van der Waals surface area contributed by atoms with Crippen LogP contribution in [0.15, 0.2) is 32.8 Å². The van der Waals surface area contributed by atoms with Gasteiger partial charge in [-0.25, -0.2) is 13.6 Å². The molecule has 0 aliphatic carbocycles. The van der Waals surface area contributed by atoms with Crippen LogP contribution in [-0.4, -0.2) is 57.0 Å². The summed E-state index contributed by atoms with van der Waals surface area (Å²) in [6, 6.07) is 1.63. The van der Waals surface area contributed by atoms with Gasteiger partial charge in [-0.05, 0) is 24.1 Å². The molecule has 1 saturated heterocycles. The molecule has 126 valence electrons. The van der Waals surface area contributed by atoms with E-state index in [2.05, 4.69) is 21.4 Å². The van der Waals surface area contributed by atoms with E-state index in [-0.39, 0.29) is 4.21 Å². The van der Waals surface area contributed by atoms with Gasteiger partial charge in [0.2, 0.25) is 10.0 Å². The zero-order valence-electron chi connectivity index (χ0n) is 12.6. The molecule has 3 heterocycles. The first-order valence-corrected chi connectivity index (χ1v) is 10.4. The van der Waals surface area contributed by atoms with Gasteiger partial charge in [0, 0.05) is 37.9 Å². The second kappa shape index (κ2) is 7.37. The molecule has 0 atom stereocenters. The number of ether oxygens (including phenoxy) is 1. The van der Waals surface area contributed by atoms with Gasteiger partial charge in [0.05, 0.1) is 17.4 Å². The van der Waals surface area contributed by atoms with Gasteiger partial charge in [-0.1, -0.05) is 12.2 Å². The van der Waals surface area contributed by atoms with E-state index in [1.807, 2.05) is 12.3 Å². The summed E-state index contributed by atoms with van der Waals surface area (Å²) in [7, 11) is -3.62.